The van der Waals surface area contributed by atoms with Crippen molar-refractivity contribution >= 4 is 17.2 Å². The van der Waals surface area contributed by atoms with E-state index in [0.29, 0.717) is 24.7 Å². The predicted molar refractivity (Wildman–Crippen MR) is 114 cm³/mol. The van der Waals surface area contributed by atoms with Gasteiger partial charge in [0.25, 0.3) is 0 Å². The number of aromatic hydroxyl groups is 1. The van der Waals surface area contributed by atoms with Gasteiger partial charge in [0.2, 0.25) is 0 Å². The number of hydrogen-bond acceptors (Lipinski definition) is 6. The number of phenolic OH excluding ortho intramolecular Hbond substituents is 1. The third kappa shape index (κ3) is 3.14. The van der Waals surface area contributed by atoms with E-state index in [-0.39, 0.29) is 5.75 Å². The molecule has 2 aromatic heterocycles. The SMILES string of the molecule is COc1cc(-c2nc3cc(C)ccn3c2Nc2ccc3c(c2)OCCO3)ccc1O. The summed E-state index contributed by atoms with van der Waals surface area (Å²) in [6.45, 7) is 3.12. The standard InChI is InChI=1S/C23H21N3O4/c1-14-7-8-26-21(11-14)25-22(15-3-5-17(27)19(12-15)28-2)23(26)24-16-4-6-18-20(13-16)30-10-9-29-18/h3-8,11-13,24,27H,9-10H2,1-2H3. The molecular formula is C23H21N3O4. The minimum Gasteiger partial charge on any atom is -0.504 e. The zero-order valence-corrected chi connectivity index (χ0v) is 16.7. The van der Waals surface area contributed by atoms with E-state index >= 15 is 0 Å². The number of ether oxygens (including phenoxy) is 3. The molecule has 1 aliphatic rings. The van der Waals surface area contributed by atoms with Crippen molar-refractivity contribution < 1.29 is 19.3 Å². The number of aromatic nitrogens is 2. The van der Waals surface area contributed by atoms with Crippen molar-refractivity contribution in [1.82, 2.24) is 9.38 Å². The van der Waals surface area contributed by atoms with Crippen LogP contribution in [0.25, 0.3) is 16.9 Å². The van der Waals surface area contributed by atoms with Crippen molar-refractivity contribution in [2.75, 3.05) is 25.6 Å². The van der Waals surface area contributed by atoms with Crippen molar-refractivity contribution in [2.45, 2.75) is 6.92 Å². The van der Waals surface area contributed by atoms with Gasteiger partial charge in [0, 0.05) is 23.5 Å². The Kier molecular flexibility index (Phi) is 4.35. The lowest BCUT2D eigenvalue weighted by atomic mass is 10.1. The van der Waals surface area contributed by atoms with Gasteiger partial charge in [-0.2, -0.15) is 0 Å². The van der Waals surface area contributed by atoms with E-state index in [1.54, 1.807) is 12.1 Å². The summed E-state index contributed by atoms with van der Waals surface area (Å²) >= 11 is 0. The maximum Gasteiger partial charge on any atom is 0.163 e. The highest BCUT2D eigenvalue weighted by molar-refractivity contribution is 5.81. The van der Waals surface area contributed by atoms with Crippen LogP contribution in [0.4, 0.5) is 11.5 Å². The molecule has 7 heteroatoms. The molecule has 0 unspecified atom stereocenters. The molecule has 3 heterocycles. The van der Waals surface area contributed by atoms with Crippen molar-refractivity contribution in [3.8, 4) is 34.3 Å². The molecule has 5 rings (SSSR count). The second kappa shape index (κ2) is 7.18. The largest absolute Gasteiger partial charge is 0.504 e. The monoisotopic (exact) mass is 403 g/mol. The second-order valence-corrected chi connectivity index (χ2v) is 7.11. The topological polar surface area (TPSA) is 77.3 Å². The van der Waals surface area contributed by atoms with Gasteiger partial charge < -0.3 is 24.6 Å². The van der Waals surface area contributed by atoms with Crippen molar-refractivity contribution in [2.24, 2.45) is 0 Å². The summed E-state index contributed by atoms with van der Waals surface area (Å²) in [5, 5.41) is 13.5. The Morgan fingerprint density at radius 3 is 2.70 bits per heavy atom. The molecular weight excluding hydrogens is 382 g/mol. The zero-order chi connectivity index (χ0) is 20.7. The molecule has 0 radical (unpaired) electrons. The van der Waals surface area contributed by atoms with Crippen LogP contribution in [-0.4, -0.2) is 34.8 Å². The fourth-order valence-corrected chi connectivity index (χ4v) is 3.55. The Hall–Kier alpha value is -3.87. The van der Waals surface area contributed by atoms with E-state index < -0.39 is 0 Å². The van der Waals surface area contributed by atoms with Crippen molar-refractivity contribution in [1.29, 1.82) is 0 Å². The molecule has 1 aliphatic heterocycles. The first kappa shape index (κ1) is 18.2. The van der Waals surface area contributed by atoms with Gasteiger partial charge in [0.05, 0.1) is 7.11 Å². The number of benzene rings is 2. The molecule has 0 bridgehead atoms. The van der Waals surface area contributed by atoms with Gasteiger partial charge in [-0.15, -0.1) is 0 Å². The highest BCUT2D eigenvalue weighted by Gasteiger charge is 2.18. The van der Waals surface area contributed by atoms with Gasteiger partial charge >= 0.3 is 0 Å². The van der Waals surface area contributed by atoms with E-state index in [4.69, 9.17) is 19.2 Å². The third-order valence-electron chi connectivity index (χ3n) is 5.04. The summed E-state index contributed by atoms with van der Waals surface area (Å²) < 4.78 is 18.6. The van der Waals surface area contributed by atoms with Gasteiger partial charge in [0.1, 0.15) is 30.4 Å². The van der Waals surface area contributed by atoms with Crippen LogP contribution >= 0.6 is 0 Å². The number of fused-ring (bicyclic) bond motifs is 2. The second-order valence-electron chi connectivity index (χ2n) is 7.11. The molecule has 2 aromatic carbocycles. The highest BCUT2D eigenvalue weighted by Crippen LogP contribution is 2.38. The molecule has 0 aliphatic carbocycles. The number of anilines is 2. The summed E-state index contributed by atoms with van der Waals surface area (Å²) in [5.74, 6) is 2.73. The third-order valence-corrected chi connectivity index (χ3v) is 5.04. The number of pyridine rings is 1. The Bertz CT molecular complexity index is 1250. The molecule has 0 saturated heterocycles. The molecule has 2 N–H and O–H groups in total. The number of rotatable bonds is 4. The van der Waals surface area contributed by atoms with Crippen LogP contribution in [0.15, 0.2) is 54.7 Å². The molecule has 4 aromatic rings. The van der Waals surface area contributed by atoms with E-state index in [9.17, 15) is 5.11 Å². The number of nitrogens with one attached hydrogen (secondary N) is 1. The van der Waals surface area contributed by atoms with E-state index in [2.05, 4.69) is 5.32 Å². The number of aryl methyl sites for hydroxylation is 1. The number of hydrogen-bond donors (Lipinski definition) is 2. The molecule has 152 valence electrons. The fourth-order valence-electron chi connectivity index (χ4n) is 3.55. The lowest BCUT2D eigenvalue weighted by Gasteiger charge is -2.19. The number of methoxy groups -OCH3 is 1. The summed E-state index contributed by atoms with van der Waals surface area (Å²) in [4.78, 5) is 4.84. The zero-order valence-electron chi connectivity index (χ0n) is 16.7. The predicted octanol–water partition coefficient (Wildman–Crippen LogP) is 4.54. The average Bonchev–Trinajstić information content (AvgIpc) is 3.11. The Balaban J connectivity index is 1.64. The Morgan fingerprint density at radius 2 is 1.87 bits per heavy atom. The number of phenols is 1. The maximum absolute atomic E-state index is 9.98. The fraction of sp³-hybridized carbons (Fsp3) is 0.174. The number of imidazole rings is 1. The highest BCUT2D eigenvalue weighted by atomic mass is 16.6. The van der Waals surface area contributed by atoms with Crippen LogP contribution in [-0.2, 0) is 0 Å². The van der Waals surface area contributed by atoms with Gasteiger partial charge in [-0.3, -0.25) is 4.40 Å². The van der Waals surface area contributed by atoms with Gasteiger partial charge in [-0.1, -0.05) is 0 Å². The summed E-state index contributed by atoms with van der Waals surface area (Å²) in [6.07, 6.45) is 1.99. The lowest BCUT2D eigenvalue weighted by Crippen LogP contribution is -2.15. The van der Waals surface area contributed by atoms with Gasteiger partial charge in [0.15, 0.2) is 23.0 Å². The normalized spacial score (nSPS) is 12.7. The Morgan fingerprint density at radius 1 is 1.03 bits per heavy atom. The Labute approximate surface area is 173 Å². The molecule has 0 saturated carbocycles. The average molecular weight is 403 g/mol. The van der Waals surface area contributed by atoms with Gasteiger partial charge in [-0.05, 0) is 55.0 Å². The molecule has 30 heavy (non-hydrogen) atoms. The molecule has 0 amide bonds. The van der Waals surface area contributed by atoms with E-state index in [0.717, 1.165) is 39.7 Å². The maximum atomic E-state index is 9.98. The number of nitrogens with zero attached hydrogens (tertiary/aromatic N) is 2. The van der Waals surface area contributed by atoms with Crippen LogP contribution in [0.1, 0.15) is 5.56 Å². The molecule has 0 atom stereocenters. The molecule has 0 spiro atoms. The van der Waals surface area contributed by atoms with Crippen LogP contribution in [0.2, 0.25) is 0 Å². The van der Waals surface area contributed by atoms with E-state index in [1.807, 2.05) is 53.9 Å². The summed E-state index contributed by atoms with van der Waals surface area (Å²) in [6, 6.07) is 15.0. The molecule has 0 fully saturated rings. The summed E-state index contributed by atoms with van der Waals surface area (Å²) in [5.41, 5.74) is 4.36. The molecule has 7 nitrogen and oxygen atoms in total. The quantitative estimate of drug-likeness (QED) is 0.521. The minimum absolute atomic E-state index is 0.0854. The smallest absolute Gasteiger partial charge is 0.163 e. The van der Waals surface area contributed by atoms with Crippen molar-refractivity contribution in [3.05, 3.63) is 60.3 Å². The minimum atomic E-state index is 0.0854. The van der Waals surface area contributed by atoms with Crippen molar-refractivity contribution in [3.63, 3.8) is 0 Å². The first-order valence-corrected chi connectivity index (χ1v) is 9.65. The van der Waals surface area contributed by atoms with Gasteiger partial charge in [-0.25, -0.2) is 4.98 Å². The van der Waals surface area contributed by atoms with Crippen LogP contribution in [0.3, 0.4) is 0 Å². The lowest BCUT2D eigenvalue weighted by molar-refractivity contribution is 0.171. The van der Waals surface area contributed by atoms with Crippen LogP contribution < -0.4 is 19.5 Å². The first-order valence-electron chi connectivity index (χ1n) is 9.65. The van der Waals surface area contributed by atoms with Crippen LogP contribution in [0.5, 0.6) is 23.0 Å². The van der Waals surface area contributed by atoms with Crippen LogP contribution in [0, 0.1) is 6.92 Å². The first-order chi connectivity index (χ1) is 14.6. The van der Waals surface area contributed by atoms with E-state index in [1.165, 1.54) is 7.11 Å². The summed E-state index contributed by atoms with van der Waals surface area (Å²) in [7, 11) is 1.53.